The van der Waals surface area contributed by atoms with E-state index in [9.17, 15) is 39.6 Å². The fraction of sp³-hybridized carbons (Fsp3) is 0.0698. The standard InChI is InChI=1S/C43H30N2O10/c1-43(2,23-3-9-27(10-4-23)54-29-13-15-31-33(21-29)41(52)44(39(31)50)25-7-17-35(46)37(48)19-25)24-5-11-28(12-6-24)55-30-14-16-32-34(22-30)42(53)45(40(32)51)26-8-18-36(47)38(49)20-26/h3-22,46-49H,1-2H3. The smallest absolute Gasteiger partial charge is 0.266 e. The summed E-state index contributed by atoms with van der Waals surface area (Å²) in [6, 6.07) is 31.6. The van der Waals surface area contributed by atoms with Crippen LogP contribution in [0.3, 0.4) is 0 Å². The Labute approximate surface area is 313 Å². The van der Waals surface area contributed by atoms with E-state index in [1.165, 1.54) is 48.5 Å². The number of amides is 4. The van der Waals surface area contributed by atoms with Crippen LogP contribution in [-0.2, 0) is 5.41 Å². The topological polar surface area (TPSA) is 174 Å². The summed E-state index contributed by atoms with van der Waals surface area (Å²) >= 11 is 0. The SMILES string of the molecule is CC(C)(c1ccc(Oc2ccc3c(c2)C(=O)N(c2ccc(O)c(O)c2)C3=O)cc1)c1ccc(Oc2ccc3c(c2)C(=O)N(c2ccc(O)c(O)c2)C3=O)cc1. The number of benzene rings is 6. The number of hydrogen-bond donors (Lipinski definition) is 4. The average molecular weight is 735 g/mol. The summed E-state index contributed by atoms with van der Waals surface area (Å²) < 4.78 is 12.1. The van der Waals surface area contributed by atoms with Gasteiger partial charge in [0.05, 0.1) is 33.6 Å². The Morgan fingerprint density at radius 2 is 0.745 bits per heavy atom. The molecule has 4 N–H and O–H groups in total. The van der Waals surface area contributed by atoms with Gasteiger partial charge in [-0.25, -0.2) is 9.80 Å². The second-order valence-corrected chi connectivity index (χ2v) is 13.5. The van der Waals surface area contributed by atoms with E-state index in [4.69, 9.17) is 9.47 Å². The zero-order chi connectivity index (χ0) is 38.8. The number of imide groups is 2. The summed E-state index contributed by atoms with van der Waals surface area (Å²) in [5, 5.41) is 39.0. The molecule has 2 aliphatic heterocycles. The molecule has 0 aromatic heterocycles. The van der Waals surface area contributed by atoms with Crippen molar-refractivity contribution in [2.45, 2.75) is 19.3 Å². The molecule has 0 bridgehead atoms. The van der Waals surface area contributed by atoms with Gasteiger partial charge >= 0.3 is 0 Å². The maximum absolute atomic E-state index is 13.2. The van der Waals surface area contributed by atoms with E-state index in [2.05, 4.69) is 13.8 Å². The minimum Gasteiger partial charge on any atom is -0.504 e. The molecule has 12 heteroatoms. The number of carbonyl (C=O) groups is 4. The van der Waals surface area contributed by atoms with Gasteiger partial charge in [0.2, 0.25) is 0 Å². The normalized spacial score (nSPS) is 13.6. The van der Waals surface area contributed by atoms with E-state index < -0.39 is 40.5 Å². The monoisotopic (exact) mass is 734 g/mol. The second kappa shape index (κ2) is 12.8. The molecular weight excluding hydrogens is 704 g/mol. The summed E-state index contributed by atoms with van der Waals surface area (Å²) in [6.07, 6.45) is 0. The lowest BCUT2D eigenvalue weighted by Crippen LogP contribution is -2.29. The van der Waals surface area contributed by atoms with Gasteiger partial charge in [-0.15, -0.1) is 0 Å². The third-order valence-electron chi connectivity index (χ3n) is 9.77. The number of rotatable bonds is 8. The van der Waals surface area contributed by atoms with Crippen LogP contribution in [0.25, 0.3) is 0 Å². The van der Waals surface area contributed by atoms with Gasteiger partial charge in [-0.3, -0.25) is 19.2 Å². The molecule has 0 fully saturated rings. The molecule has 272 valence electrons. The van der Waals surface area contributed by atoms with E-state index in [1.54, 1.807) is 12.1 Å². The third kappa shape index (κ3) is 5.91. The number of fused-ring (bicyclic) bond motifs is 2. The Morgan fingerprint density at radius 3 is 1.11 bits per heavy atom. The largest absolute Gasteiger partial charge is 0.504 e. The van der Waals surface area contributed by atoms with Crippen LogP contribution in [0.15, 0.2) is 121 Å². The van der Waals surface area contributed by atoms with Crippen molar-refractivity contribution in [1.29, 1.82) is 0 Å². The molecule has 0 saturated carbocycles. The number of nitrogens with zero attached hydrogens (tertiary/aromatic N) is 2. The molecule has 0 aliphatic carbocycles. The van der Waals surface area contributed by atoms with Crippen molar-refractivity contribution >= 4 is 35.0 Å². The fourth-order valence-corrected chi connectivity index (χ4v) is 6.66. The second-order valence-electron chi connectivity index (χ2n) is 13.5. The highest BCUT2D eigenvalue weighted by Crippen LogP contribution is 2.39. The molecule has 0 spiro atoms. The maximum Gasteiger partial charge on any atom is 0.266 e. The molecular formula is C43H30N2O10. The van der Waals surface area contributed by atoms with Gasteiger partial charge in [0.15, 0.2) is 23.0 Å². The number of aromatic hydroxyl groups is 4. The summed E-state index contributed by atoms with van der Waals surface area (Å²) in [6.45, 7) is 4.15. The number of anilines is 2. The van der Waals surface area contributed by atoms with Gasteiger partial charge in [-0.1, -0.05) is 38.1 Å². The van der Waals surface area contributed by atoms with Crippen molar-refractivity contribution < 1.29 is 49.1 Å². The molecule has 6 aromatic carbocycles. The van der Waals surface area contributed by atoms with Crippen molar-refractivity contribution in [1.82, 2.24) is 0 Å². The zero-order valence-electron chi connectivity index (χ0n) is 29.2. The summed E-state index contributed by atoms with van der Waals surface area (Å²) in [5.74, 6) is -2.17. The van der Waals surface area contributed by atoms with Crippen molar-refractivity contribution in [3.8, 4) is 46.0 Å². The highest BCUT2D eigenvalue weighted by molar-refractivity contribution is 6.35. The first kappa shape index (κ1) is 34.5. The van der Waals surface area contributed by atoms with Crippen LogP contribution in [-0.4, -0.2) is 44.1 Å². The Hall–Kier alpha value is -7.60. The highest BCUT2D eigenvalue weighted by atomic mass is 16.5. The Bertz CT molecular complexity index is 2420. The Kier molecular flexibility index (Phi) is 8.03. The van der Waals surface area contributed by atoms with Gasteiger partial charge in [0.25, 0.3) is 23.6 Å². The highest BCUT2D eigenvalue weighted by Gasteiger charge is 2.38. The minimum absolute atomic E-state index is 0.128. The number of phenols is 4. The predicted octanol–water partition coefficient (Wildman–Crippen LogP) is 8.02. The van der Waals surface area contributed by atoms with Gasteiger partial charge in [0.1, 0.15) is 23.0 Å². The number of hydrogen-bond acceptors (Lipinski definition) is 10. The molecule has 12 nitrogen and oxygen atoms in total. The van der Waals surface area contributed by atoms with E-state index in [-0.39, 0.29) is 45.1 Å². The average Bonchev–Trinajstić information content (AvgIpc) is 3.57. The van der Waals surface area contributed by atoms with E-state index in [0.29, 0.717) is 23.0 Å². The number of carbonyl (C=O) groups excluding carboxylic acids is 4. The van der Waals surface area contributed by atoms with Crippen molar-refractivity contribution in [2.24, 2.45) is 0 Å². The van der Waals surface area contributed by atoms with Crippen LogP contribution >= 0.6 is 0 Å². The number of phenolic OH excluding ortho intramolecular Hbond substituents is 4. The minimum atomic E-state index is -0.580. The van der Waals surface area contributed by atoms with Crippen LogP contribution in [0.1, 0.15) is 66.4 Å². The maximum atomic E-state index is 13.2. The van der Waals surface area contributed by atoms with Crippen LogP contribution in [0.5, 0.6) is 46.0 Å². The molecule has 8 rings (SSSR count). The third-order valence-corrected chi connectivity index (χ3v) is 9.77. The van der Waals surface area contributed by atoms with Gasteiger partial charge in [-0.2, -0.15) is 0 Å². The summed E-state index contributed by atoms with van der Waals surface area (Å²) in [4.78, 5) is 54.3. The Balaban J connectivity index is 0.936. The fourth-order valence-electron chi connectivity index (χ4n) is 6.66. The lowest BCUT2D eigenvalue weighted by Gasteiger charge is -2.26. The quantitative estimate of drug-likeness (QED) is 0.0886. The zero-order valence-corrected chi connectivity index (χ0v) is 29.2. The Morgan fingerprint density at radius 1 is 0.400 bits per heavy atom. The molecule has 0 radical (unpaired) electrons. The molecule has 6 aromatic rings. The van der Waals surface area contributed by atoms with Crippen molar-refractivity contribution in [2.75, 3.05) is 9.80 Å². The molecule has 4 amide bonds. The molecule has 55 heavy (non-hydrogen) atoms. The van der Waals surface area contributed by atoms with Crippen LogP contribution in [0, 0.1) is 0 Å². The lowest BCUT2D eigenvalue weighted by atomic mass is 9.78. The molecule has 2 aliphatic rings. The van der Waals surface area contributed by atoms with Crippen LogP contribution < -0.4 is 19.3 Å². The lowest BCUT2D eigenvalue weighted by molar-refractivity contribution is 0.0910. The molecule has 2 heterocycles. The summed E-state index contributed by atoms with van der Waals surface area (Å²) in [7, 11) is 0. The number of ether oxygens (including phenoxy) is 2. The van der Waals surface area contributed by atoms with Crippen molar-refractivity contribution in [3.05, 3.63) is 155 Å². The first-order valence-corrected chi connectivity index (χ1v) is 17.0. The van der Waals surface area contributed by atoms with Crippen LogP contribution in [0.4, 0.5) is 11.4 Å². The van der Waals surface area contributed by atoms with Crippen molar-refractivity contribution in [3.63, 3.8) is 0 Å². The van der Waals surface area contributed by atoms with Gasteiger partial charge in [-0.05, 0) is 96.1 Å². The molecule has 0 saturated heterocycles. The summed E-state index contributed by atoms with van der Waals surface area (Å²) in [5.41, 5.74) is 2.49. The van der Waals surface area contributed by atoms with E-state index in [0.717, 1.165) is 33.1 Å². The van der Waals surface area contributed by atoms with E-state index in [1.807, 2.05) is 48.5 Å². The van der Waals surface area contributed by atoms with Crippen LogP contribution in [0.2, 0.25) is 0 Å². The van der Waals surface area contributed by atoms with E-state index >= 15 is 0 Å². The van der Waals surface area contributed by atoms with Gasteiger partial charge < -0.3 is 29.9 Å². The molecule has 0 unspecified atom stereocenters. The molecule has 0 atom stereocenters. The first-order valence-electron chi connectivity index (χ1n) is 17.0. The first-order chi connectivity index (χ1) is 26.3. The predicted molar refractivity (Wildman–Crippen MR) is 200 cm³/mol. The van der Waals surface area contributed by atoms with Gasteiger partial charge in [0, 0.05) is 17.5 Å².